The number of aromatic nitrogens is 1. The minimum absolute atomic E-state index is 0.418. The average molecular weight is 249 g/mol. The SMILES string of the molecule is CCC(CN)CN(C)c1ccc2oc(=O)[nH]c2c1. The van der Waals surface area contributed by atoms with Crippen molar-refractivity contribution in [2.45, 2.75) is 13.3 Å². The van der Waals surface area contributed by atoms with Crippen molar-refractivity contribution in [3.8, 4) is 0 Å². The fourth-order valence-electron chi connectivity index (χ4n) is 2.04. The third kappa shape index (κ3) is 2.56. The van der Waals surface area contributed by atoms with Gasteiger partial charge in [0.1, 0.15) is 0 Å². The van der Waals surface area contributed by atoms with Crippen LogP contribution in [0.2, 0.25) is 0 Å². The first-order valence-electron chi connectivity index (χ1n) is 6.18. The molecule has 0 bridgehead atoms. The number of anilines is 1. The van der Waals surface area contributed by atoms with Crippen LogP contribution in [-0.4, -0.2) is 25.1 Å². The smallest absolute Gasteiger partial charge is 0.408 e. The number of aromatic amines is 1. The average Bonchev–Trinajstić information content (AvgIpc) is 2.74. The summed E-state index contributed by atoms with van der Waals surface area (Å²) in [5.74, 6) is 0.0623. The zero-order valence-corrected chi connectivity index (χ0v) is 10.8. The molecule has 0 aliphatic carbocycles. The van der Waals surface area contributed by atoms with E-state index in [-0.39, 0.29) is 0 Å². The van der Waals surface area contributed by atoms with Crippen LogP contribution in [-0.2, 0) is 0 Å². The summed E-state index contributed by atoms with van der Waals surface area (Å²) in [4.78, 5) is 15.9. The van der Waals surface area contributed by atoms with Crippen LogP contribution < -0.4 is 16.4 Å². The predicted molar refractivity (Wildman–Crippen MR) is 72.9 cm³/mol. The number of H-pyrrole nitrogens is 1. The van der Waals surface area contributed by atoms with Crippen molar-refractivity contribution in [2.24, 2.45) is 11.7 Å². The van der Waals surface area contributed by atoms with Crippen molar-refractivity contribution in [1.82, 2.24) is 4.98 Å². The van der Waals surface area contributed by atoms with Gasteiger partial charge in [0, 0.05) is 19.3 Å². The van der Waals surface area contributed by atoms with Gasteiger partial charge in [-0.2, -0.15) is 0 Å². The molecule has 0 saturated carbocycles. The van der Waals surface area contributed by atoms with Gasteiger partial charge in [-0.1, -0.05) is 13.3 Å². The van der Waals surface area contributed by atoms with Crippen LogP contribution in [0.4, 0.5) is 5.69 Å². The molecule has 1 atom stereocenters. The monoisotopic (exact) mass is 249 g/mol. The van der Waals surface area contributed by atoms with Crippen molar-refractivity contribution in [2.75, 3.05) is 25.0 Å². The van der Waals surface area contributed by atoms with Gasteiger partial charge in [0.05, 0.1) is 5.52 Å². The topological polar surface area (TPSA) is 75.3 Å². The maximum absolute atomic E-state index is 11.1. The summed E-state index contributed by atoms with van der Waals surface area (Å²) in [5, 5.41) is 0. The fourth-order valence-corrected chi connectivity index (χ4v) is 2.04. The van der Waals surface area contributed by atoms with Crippen LogP contribution in [0.15, 0.2) is 27.4 Å². The number of benzene rings is 1. The molecule has 5 heteroatoms. The van der Waals surface area contributed by atoms with E-state index in [9.17, 15) is 4.79 Å². The molecule has 0 radical (unpaired) electrons. The number of fused-ring (bicyclic) bond motifs is 1. The Hall–Kier alpha value is -1.75. The van der Waals surface area contributed by atoms with E-state index >= 15 is 0 Å². The molecule has 1 unspecified atom stereocenters. The molecule has 1 aromatic heterocycles. The van der Waals surface area contributed by atoms with E-state index in [1.165, 1.54) is 0 Å². The number of nitrogens with zero attached hydrogens (tertiary/aromatic N) is 1. The summed E-state index contributed by atoms with van der Waals surface area (Å²) in [5.41, 5.74) is 8.08. The number of hydrogen-bond donors (Lipinski definition) is 2. The predicted octanol–water partition coefficient (Wildman–Crippen LogP) is 1.54. The first-order chi connectivity index (χ1) is 8.63. The molecule has 2 aromatic rings. The number of oxazole rings is 1. The second-order valence-corrected chi connectivity index (χ2v) is 4.59. The molecule has 2 rings (SSSR count). The molecule has 1 heterocycles. The van der Waals surface area contributed by atoms with Crippen LogP contribution in [0.25, 0.3) is 11.1 Å². The maximum atomic E-state index is 11.1. The Morgan fingerprint density at radius 3 is 2.94 bits per heavy atom. The number of rotatable bonds is 5. The molecule has 0 aliphatic heterocycles. The van der Waals surface area contributed by atoms with E-state index in [0.717, 1.165) is 24.2 Å². The Bertz CT molecular complexity index is 569. The molecule has 0 spiro atoms. The van der Waals surface area contributed by atoms with E-state index in [2.05, 4.69) is 16.8 Å². The molecule has 18 heavy (non-hydrogen) atoms. The minimum atomic E-state index is -0.418. The highest BCUT2D eigenvalue weighted by atomic mass is 16.4. The van der Waals surface area contributed by atoms with Gasteiger partial charge < -0.3 is 15.1 Å². The minimum Gasteiger partial charge on any atom is -0.408 e. The van der Waals surface area contributed by atoms with Gasteiger partial charge in [0.25, 0.3) is 0 Å². The van der Waals surface area contributed by atoms with Gasteiger partial charge >= 0.3 is 5.76 Å². The lowest BCUT2D eigenvalue weighted by Gasteiger charge is -2.24. The Morgan fingerprint density at radius 1 is 1.50 bits per heavy atom. The zero-order chi connectivity index (χ0) is 13.1. The maximum Gasteiger partial charge on any atom is 0.417 e. The van der Waals surface area contributed by atoms with Crippen molar-refractivity contribution < 1.29 is 4.42 Å². The standard InChI is InChI=1S/C13H19N3O2/c1-3-9(7-14)8-16(2)10-4-5-12-11(6-10)15-13(17)18-12/h4-6,9H,3,7-8,14H2,1-2H3,(H,15,17). The van der Waals surface area contributed by atoms with Crippen molar-refractivity contribution >= 4 is 16.8 Å². The molecular formula is C13H19N3O2. The highest BCUT2D eigenvalue weighted by Crippen LogP contribution is 2.20. The van der Waals surface area contributed by atoms with Gasteiger partial charge in [0.15, 0.2) is 5.58 Å². The largest absolute Gasteiger partial charge is 0.417 e. The summed E-state index contributed by atoms with van der Waals surface area (Å²) >= 11 is 0. The lowest BCUT2D eigenvalue weighted by Crippen LogP contribution is -2.29. The first-order valence-corrected chi connectivity index (χ1v) is 6.18. The molecule has 0 fully saturated rings. The lowest BCUT2D eigenvalue weighted by atomic mass is 10.1. The van der Waals surface area contributed by atoms with Gasteiger partial charge in [-0.3, -0.25) is 4.98 Å². The Morgan fingerprint density at radius 2 is 2.28 bits per heavy atom. The van der Waals surface area contributed by atoms with Crippen molar-refractivity contribution in [3.05, 3.63) is 28.7 Å². The van der Waals surface area contributed by atoms with Gasteiger partial charge in [-0.05, 0) is 30.7 Å². The fraction of sp³-hybridized carbons (Fsp3) is 0.462. The van der Waals surface area contributed by atoms with Gasteiger partial charge in [-0.25, -0.2) is 4.79 Å². The molecule has 5 nitrogen and oxygen atoms in total. The van der Waals surface area contributed by atoms with Gasteiger partial charge in [0.2, 0.25) is 0 Å². The van der Waals surface area contributed by atoms with Crippen LogP contribution in [0.1, 0.15) is 13.3 Å². The van der Waals surface area contributed by atoms with Crippen LogP contribution in [0.5, 0.6) is 0 Å². The van der Waals surface area contributed by atoms with E-state index in [0.29, 0.717) is 18.0 Å². The van der Waals surface area contributed by atoms with Crippen molar-refractivity contribution in [3.63, 3.8) is 0 Å². The first kappa shape index (κ1) is 12.7. The summed E-state index contributed by atoms with van der Waals surface area (Å²) in [6, 6.07) is 5.67. The summed E-state index contributed by atoms with van der Waals surface area (Å²) in [6.45, 7) is 3.73. The van der Waals surface area contributed by atoms with Crippen LogP contribution in [0.3, 0.4) is 0 Å². The molecule has 0 amide bonds. The third-order valence-electron chi connectivity index (χ3n) is 3.29. The van der Waals surface area contributed by atoms with Crippen LogP contribution in [0, 0.1) is 5.92 Å². The summed E-state index contributed by atoms with van der Waals surface area (Å²) in [7, 11) is 2.03. The molecule has 0 aliphatic rings. The Balaban J connectivity index is 2.21. The molecule has 1 aromatic carbocycles. The highest BCUT2D eigenvalue weighted by Gasteiger charge is 2.10. The molecule has 0 saturated heterocycles. The molecule has 3 N–H and O–H groups in total. The van der Waals surface area contributed by atoms with Crippen molar-refractivity contribution in [1.29, 1.82) is 0 Å². The highest BCUT2D eigenvalue weighted by molar-refractivity contribution is 5.77. The number of nitrogens with one attached hydrogen (secondary N) is 1. The quantitative estimate of drug-likeness (QED) is 0.843. The number of nitrogens with two attached hydrogens (primary N) is 1. The molecular weight excluding hydrogens is 230 g/mol. The second kappa shape index (κ2) is 5.27. The normalized spacial score (nSPS) is 12.8. The summed E-state index contributed by atoms with van der Waals surface area (Å²) in [6.07, 6.45) is 1.06. The zero-order valence-electron chi connectivity index (χ0n) is 10.8. The Labute approximate surface area is 106 Å². The third-order valence-corrected chi connectivity index (χ3v) is 3.29. The van der Waals surface area contributed by atoms with E-state index in [1.54, 1.807) is 0 Å². The Kier molecular flexibility index (Phi) is 3.72. The lowest BCUT2D eigenvalue weighted by molar-refractivity contribution is 0.521. The second-order valence-electron chi connectivity index (χ2n) is 4.59. The van der Waals surface area contributed by atoms with Crippen LogP contribution >= 0.6 is 0 Å². The van der Waals surface area contributed by atoms with E-state index in [4.69, 9.17) is 10.2 Å². The van der Waals surface area contributed by atoms with E-state index in [1.807, 2.05) is 25.2 Å². The van der Waals surface area contributed by atoms with Gasteiger partial charge in [-0.15, -0.1) is 0 Å². The van der Waals surface area contributed by atoms with E-state index < -0.39 is 5.76 Å². The number of hydrogen-bond acceptors (Lipinski definition) is 4. The molecule has 98 valence electrons. The summed E-state index contributed by atoms with van der Waals surface area (Å²) < 4.78 is 4.98.